The SMILES string of the molecule is Cc1ccc(NC(=O)c2ccnc(Nc3ccc(Cl)cc3Cl)n2)cc1C. The lowest BCUT2D eigenvalue weighted by atomic mass is 10.1. The maximum Gasteiger partial charge on any atom is 0.274 e. The molecule has 3 aromatic rings. The van der Waals surface area contributed by atoms with E-state index in [9.17, 15) is 4.79 Å². The van der Waals surface area contributed by atoms with Crippen LogP contribution in [-0.4, -0.2) is 15.9 Å². The third-order valence-electron chi connectivity index (χ3n) is 3.83. The number of anilines is 3. The van der Waals surface area contributed by atoms with E-state index in [0.717, 1.165) is 11.1 Å². The Morgan fingerprint density at radius 1 is 1.00 bits per heavy atom. The van der Waals surface area contributed by atoms with Crippen LogP contribution in [0.4, 0.5) is 17.3 Å². The van der Waals surface area contributed by atoms with Crippen molar-refractivity contribution >= 4 is 46.4 Å². The van der Waals surface area contributed by atoms with Crippen LogP contribution in [0.25, 0.3) is 0 Å². The van der Waals surface area contributed by atoms with E-state index in [4.69, 9.17) is 23.2 Å². The van der Waals surface area contributed by atoms with Crippen molar-refractivity contribution in [2.24, 2.45) is 0 Å². The van der Waals surface area contributed by atoms with Crippen molar-refractivity contribution in [3.8, 4) is 0 Å². The summed E-state index contributed by atoms with van der Waals surface area (Å²) in [6.45, 7) is 4.01. The summed E-state index contributed by atoms with van der Waals surface area (Å²) in [5.41, 5.74) is 3.82. The second-order valence-electron chi connectivity index (χ2n) is 5.77. The van der Waals surface area contributed by atoms with Gasteiger partial charge < -0.3 is 10.6 Å². The zero-order valence-corrected chi connectivity index (χ0v) is 15.7. The molecule has 0 aliphatic carbocycles. The summed E-state index contributed by atoms with van der Waals surface area (Å²) >= 11 is 12.0. The molecule has 7 heteroatoms. The van der Waals surface area contributed by atoms with Gasteiger partial charge in [0, 0.05) is 16.9 Å². The highest BCUT2D eigenvalue weighted by molar-refractivity contribution is 6.36. The van der Waals surface area contributed by atoms with Crippen molar-refractivity contribution in [3.05, 3.63) is 75.5 Å². The molecule has 0 aliphatic rings. The molecule has 3 rings (SSSR count). The van der Waals surface area contributed by atoms with Crippen molar-refractivity contribution in [1.82, 2.24) is 9.97 Å². The monoisotopic (exact) mass is 386 g/mol. The Morgan fingerprint density at radius 3 is 2.54 bits per heavy atom. The van der Waals surface area contributed by atoms with E-state index in [0.29, 0.717) is 21.4 Å². The number of carbonyl (C=O) groups excluding carboxylic acids is 1. The van der Waals surface area contributed by atoms with Gasteiger partial charge in [-0.05, 0) is 61.4 Å². The molecule has 0 unspecified atom stereocenters. The van der Waals surface area contributed by atoms with Crippen LogP contribution in [-0.2, 0) is 0 Å². The lowest BCUT2D eigenvalue weighted by molar-refractivity contribution is 0.102. The quantitative estimate of drug-likeness (QED) is 0.629. The van der Waals surface area contributed by atoms with Crippen LogP contribution in [0.1, 0.15) is 21.6 Å². The Morgan fingerprint density at radius 2 is 1.81 bits per heavy atom. The van der Waals surface area contributed by atoms with Gasteiger partial charge in [-0.1, -0.05) is 29.3 Å². The largest absolute Gasteiger partial charge is 0.323 e. The van der Waals surface area contributed by atoms with Gasteiger partial charge in [0.05, 0.1) is 10.7 Å². The van der Waals surface area contributed by atoms with E-state index >= 15 is 0 Å². The number of rotatable bonds is 4. The van der Waals surface area contributed by atoms with Crippen LogP contribution in [0.5, 0.6) is 0 Å². The maximum atomic E-state index is 12.5. The molecule has 132 valence electrons. The van der Waals surface area contributed by atoms with Gasteiger partial charge >= 0.3 is 0 Å². The van der Waals surface area contributed by atoms with Gasteiger partial charge in [-0.15, -0.1) is 0 Å². The second kappa shape index (κ2) is 7.72. The maximum absolute atomic E-state index is 12.5. The molecule has 0 saturated carbocycles. The number of hydrogen-bond donors (Lipinski definition) is 2. The summed E-state index contributed by atoms with van der Waals surface area (Å²) in [7, 11) is 0. The van der Waals surface area contributed by atoms with Gasteiger partial charge in [0.2, 0.25) is 5.95 Å². The highest BCUT2D eigenvalue weighted by atomic mass is 35.5. The fourth-order valence-corrected chi connectivity index (χ4v) is 2.73. The summed E-state index contributed by atoms with van der Waals surface area (Å²) in [6, 6.07) is 12.3. The average Bonchev–Trinajstić information content (AvgIpc) is 2.61. The van der Waals surface area contributed by atoms with E-state index in [1.54, 1.807) is 24.3 Å². The summed E-state index contributed by atoms with van der Waals surface area (Å²) in [4.78, 5) is 20.8. The number of nitrogens with one attached hydrogen (secondary N) is 2. The summed E-state index contributed by atoms with van der Waals surface area (Å²) in [6.07, 6.45) is 1.51. The van der Waals surface area contributed by atoms with Crippen molar-refractivity contribution in [2.75, 3.05) is 10.6 Å². The van der Waals surface area contributed by atoms with Gasteiger partial charge in [0.25, 0.3) is 5.91 Å². The minimum absolute atomic E-state index is 0.241. The highest BCUT2D eigenvalue weighted by Crippen LogP contribution is 2.27. The summed E-state index contributed by atoms with van der Waals surface area (Å²) in [5, 5.41) is 6.78. The van der Waals surface area contributed by atoms with Gasteiger partial charge in [0.1, 0.15) is 5.69 Å². The molecular weight excluding hydrogens is 371 g/mol. The Bertz CT molecular complexity index is 976. The number of aryl methyl sites for hydroxylation is 2. The lowest BCUT2D eigenvalue weighted by Gasteiger charge is -2.09. The lowest BCUT2D eigenvalue weighted by Crippen LogP contribution is -2.15. The first-order valence-electron chi connectivity index (χ1n) is 7.86. The van der Waals surface area contributed by atoms with Crippen LogP contribution in [0.3, 0.4) is 0 Å². The van der Waals surface area contributed by atoms with E-state index in [1.807, 2.05) is 32.0 Å². The van der Waals surface area contributed by atoms with Crippen molar-refractivity contribution in [1.29, 1.82) is 0 Å². The molecule has 0 fully saturated rings. The van der Waals surface area contributed by atoms with Gasteiger partial charge in [0.15, 0.2) is 0 Å². The fraction of sp³-hybridized carbons (Fsp3) is 0.105. The zero-order chi connectivity index (χ0) is 18.7. The Kier molecular flexibility index (Phi) is 5.40. The zero-order valence-electron chi connectivity index (χ0n) is 14.2. The van der Waals surface area contributed by atoms with Gasteiger partial charge in [-0.2, -0.15) is 0 Å². The minimum atomic E-state index is -0.319. The highest BCUT2D eigenvalue weighted by Gasteiger charge is 2.11. The molecule has 0 aliphatic heterocycles. The number of carbonyl (C=O) groups is 1. The molecule has 0 spiro atoms. The Balaban J connectivity index is 1.77. The van der Waals surface area contributed by atoms with Crippen LogP contribution in [0.2, 0.25) is 10.0 Å². The van der Waals surface area contributed by atoms with Crippen LogP contribution in [0, 0.1) is 13.8 Å². The second-order valence-corrected chi connectivity index (χ2v) is 6.61. The number of amides is 1. The number of hydrogen-bond acceptors (Lipinski definition) is 4. The first-order chi connectivity index (χ1) is 12.4. The number of aromatic nitrogens is 2. The molecule has 2 N–H and O–H groups in total. The smallest absolute Gasteiger partial charge is 0.274 e. The molecule has 1 amide bonds. The van der Waals surface area contributed by atoms with E-state index < -0.39 is 0 Å². The molecular formula is C19H16Cl2N4O. The third kappa shape index (κ3) is 4.31. The standard InChI is InChI=1S/C19H16Cl2N4O/c1-11-3-5-14(9-12(11)2)23-18(26)17-7-8-22-19(25-17)24-16-6-4-13(20)10-15(16)21/h3-10H,1-2H3,(H,23,26)(H,22,24,25). The summed E-state index contributed by atoms with van der Waals surface area (Å²) in [5.74, 6) is -0.0529. The molecule has 0 radical (unpaired) electrons. The van der Waals surface area contributed by atoms with E-state index in [1.165, 1.54) is 6.20 Å². The predicted octanol–water partition coefficient (Wildman–Crippen LogP) is 5.40. The minimum Gasteiger partial charge on any atom is -0.323 e. The Hall–Kier alpha value is -2.63. The molecule has 5 nitrogen and oxygen atoms in total. The first-order valence-corrected chi connectivity index (χ1v) is 8.62. The predicted molar refractivity (Wildman–Crippen MR) is 106 cm³/mol. The normalized spacial score (nSPS) is 10.5. The fourth-order valence-electron chi connectivity index (χ4n) is 2.27. The van der Waals surface area contributed by atoms with Crippen LogP contribution < -0.4 is 10.6 Å². The number of halogens is 2. The van der Waals surface area contributed by atoms with Crippen molar-refractivity contribution < 1.29 is 4.79 Å². The molecule has 1 aromatic heterocycles. The molecule has 0 atom stereocenters. The number of nitrogens with zero attached hydrogens (tertiary/aromatic N) is 2. The third-order valence-corrected chi connectivity index (χ3v) is 4.38. The van der Waals surface area contributed by atoms with Crippen molar-refractivity contribution in [3.63, 3.8) is 0 Å². The molecule has 0 saturated heterocycles. The first kappa shape index (κ1) is 18.2. The van der Waals surface area contributed by atoms with Crippen LogP contribution in [0.15, 0.2) is 48.7 Å². The van der Waals surface area contributed by atoms with Crippen molar-refractivity contribution in [2.45, 2.75) is 13.8 Å². The molecule has 1 heterocycles. The van der Waals surface area contributed by atoms with E-state index in [2.05, 4.69) is 20.6 Å². The average molecular weight is 387 g/mol. The topological polar surface area (TPSA) is 66.9 Å². The van der Waals surface area contributed by atoms with Crippen LogP contribution >= 0.6 is 23.2 Å². The molecule has 0 bridgehead atoms. The summed E-state index contributed by atoms with van der Waals surface area (Å²) < 4.78 is 0. The Labute approximate surface area is 161 Å². The number of benzene rings is 2. The molecule has 2 aromatic carbocycles. The van der Waals surface area contributed by atoms with Gasteiger partial charge in [-0.3, -0.25) is 4.79 Å². The van der Waals surface area contributed by atoms with E-state index in [-0.39, 0.29) is 17.5 Å². The van der Waals surface area contributed by atoms with Gasteiger partial charge in [-0.25, -0.2) is 9.97 Å². The molecule has 26 heavy (non-hydrogen) atoms.